The summed E-state index contributed by atoms with van der Waals surface area (Å²) in [6.07, 6.45) is 3.19. The Hall–Kier alpha value is -3.61. The van der Waals surface area contributed by atoms with Gasteiger partial charge in [0.25, 0.3) is 5.91 Å². The van der Waals surface area contributed by atoms with Gasteiger partial charge in [-0.25, -0.2) is 0 Å². The van der Waals surface area contributed by atoms with Crippen LogP contribution in [0.25, 0.3) is 10.9 Å². The van der Waals surface area contributed by atoms with E-state index in [1.807, 2.05) is 60.4 Å². The number of rotatable bonds is 7. The van der Waals surface area contributed by atoms with Crippen molar-refractivity contribution in [2.75, 3.05) is 19.0 Å². The van der Waals surface area contributed by atoms with Crippen LogP contribution in [-0.4, -0.2) is 52.3 Å². The van der Waals surface area contributed by atoms with Crippen LogP contribution in [-0.2, 0) is 4.79 Å². The van der Waals surface area contributed by atoms with Crippen LogP contribution in [0, 0.1) is 0 Å². The standard InChI is InChI=1S/C26H28N4O3/c1-16(28-22-15-19(33-3)14-18-9-6-12-27-23(18)22)8-7-13-29-24-20-10-4-5-11-21(20)26(32)30(24)17(2)25(29)31/h4-6,9-12,14-17,24,28H,7-8,13H2,1-3H3/t16?,17-,24+/m0/s1. The first-order valence-electron chi connectivity index (χ1n) is 11.4. The minimum atomic E-state index is -0.431. The number of hydrogen-bond donors (Lipinski definition) is 1. The molecule has 1 unspecified atom stereocenters. The lowest BCUT2D eigenvalue weighted by Crippen LogP contribution is -2.33. The molecule has 3 aromatic rings. The van der Waals surface area contributed by atoms with Gasteiger partial charge < -0.3 is 19.9 Å². The Balaban J connectivity index is 1.27. The fourth-order valence-corrected chi connectivity index (χ4v) is 5.03. The number of hydrogen-bond acceptors (Lipinski definition) is 5. The van der Waals surface area contributed by atoms with E-state index >= 15 is 0 Å². The van der Waals surface area contributed by atoms with E-state index in [1.54, 1.807) is 18.2 Å². The lowest BCUT2D eigenvalue weighted by molar-refractivity contribution is -0.130. The average Bonchev–Trinajstić information content (AvgIpc) is 3.26. The van der Waals surface area contributed by atoms with Gasteiger partial charge in [-0.15, -0.1) is 0 Å². The molecule has 3 atom stereocenters. The van der Waals surface area contributed by atoms with Crippen LogP contribution in [0.5, 0.6) is 5.75 Å². The molecule has 1 aromatic heterocycles. The molecule has 2 aliphatic rings. The second-order valence-electron chi connectivity index (χ2n) is 8.82. The zero-order valence-electron chi connectivity index (χ0n) is 19.1. The highest BCUT2D eigenvalue weighted by molar-refractivity contribution is 6.04. The van der Waals surface area contributed by atoms with Crippen LogP contribution in [0.3, 0.4) is 0 Å². The maximum Gasteiger partial charge on any atom is 0.256 e. The molecule has 170 valence electrons. The summed E-state index contributed by atoms with van der Waals surface area (Å²) >= 11 is 0. The summed E-state index contributed by atoms with van der Waals surface area (Å²) in [4.78, 5) is 33.9. The molecule has 0 spiro atoms. The first-order chi connectivity index (χ1) is 16.0. The molecule has 1 saturated heterocycles. The number of nitrogens with zero attached hydrogens (tertiary/aromatic N) is 3. The highest BCUT2D eigenvalue weighted by atomic mass is 16.5. The molecule has 0 radical (unpaired) electrons. The summed E-state index contributed by atoms with van der Waals surface area (Å²) < 4.78 is 5.45. The number of benzene rings is 2. The van der Waals surface area contributed by atoms with Gasteiger partial charge in [0, 0.05) is 41.4 Å². The van der Waals surface area contributed by atoms with Crippen molar-refractivity contribution < 1.29 is 14.3 Å². The molecule has 5 rings (SSSR count). The predicted octanol–water partition coefficient (Wildman–Crippen LogP) is 4.21. The van der Waals surface area contributed by atoms with Crippen LogP contribution in [0.1, 0.15) is 48.8 Å². The number of carbonyl (C=O) groups excluding carboxylic acids is 2. The lowest BCUT2D eigenvalue weighted by atomic mass is 10.1. The van der Waals surface area contributed by atoms with E-state index in [1.165, 1.54) is 0 Å². The number of anilines is 1. The van der Waals surface area contributed by atoms with Crippen LogP contribution < -0.4 is 10.1 Å². The molecule has 1 fully saturated rings. The molecule has 0 bridgehead atoms. The van der Waals surface area contributed by atoms with E-state index in [2.05, 4.69) is 17.2 Å². The van der Waals surface area contributed by atoms with Gasteiger partial charge in [0.05, 0.1) is 18.3 Å². The van der Waals surface area contributed by atoms with Gasteiger partial charge in [-0.1, -0.05) is 24.3 Å². The van der Waals surface area contributed by atoms with Crippen molar-refractivity contribution in [3.8, 4) is 5.75 Å². The van der Waals surface area contributed by atoms with Gasteiger partial charge in [-0.3, -0.25) is 14.6 Å². The summed E-state index contributed by atoms with van der Waals surface area (Å²) in [6, 6.07) is 15.2. The number of fused-ring (bicyclic) bond motifs is 4. The number of amides is 2. The Labute approximate surface area is 193 Å². The fraction of sp³-hybridized carbons (Fsp3) is 0.346. The van der Waals surface area contributed by atoms with Gasteiger partial charge in [0.2, 0.25) is 5.91 Å². The molecule has 2 amide bonds. The zero-order chi connectivity index (χ0) is 23.1. The second-order valence-corrected chi connectivity index (χ2v) is 8.82. The van der Waals surface area contributed by atoms with Gasteiger partial charge >= 0.3 is 0 Å². The molecule has 7 heteroatoms. The Morgan fingerprint density at radius 3 is 2.79 bits per heavy atom. The number of methoxy groups -OCH3 is 1. The predicted molar refractivity (Wildman–Crippen MR) is 127 cm³/mol. The zero-order valence-corrected chi connectivity index (χ0v) is 19.1. The number of carbonyl (C=O) groups is 2. The Morgan fingerprint density at radius 1 is 1.15 bits per heavy atom. The van der Waals surface area contributed by atoms with E-state index in [0.717, 1.165) is 40.7 Å². The van der Waals surface area contributed by atoms with Crippen LogP contribution in [0.2, 0.25) is 0 Å². The largest absolute Gasteiger partial charge is 0.497 e. The van der Waals surface area contributed by atoms with E-state index < -0.39 is 6.04 Å². The molecule has 7 nitrogen and oxygen atoms in total. The Kier molecular flexibility index (Phi) is 5.40. The van der Waals surface area contributed by atoms with Crippen molar-refractivity contribution in [2.24, 2.45) is 0 Å². The molecular weight excluding hydrogens is 416 g/mol. The highest BCUT2D eigenvalue weighted by Crippen LogP contribution is 2.42. The molecular formula is C26H28N4O3. The third-order valence-electron chi connectivity index (χ3n) is 6.67. The van der Waals surface area contributed by atoms with Crippen molar-refractivity contribution >= 4 is 28.4 Å². The topological polar surface area (TPSA) is 74.8 Å². The third-order valence-corrected chi connectivity index (χ3v) is 6.67. The smallest absolute Gasteiger partial charge is 0.256 e. The van der Waals surface area contributed by atoms with Crippen LogP contribution >= 0.6 is 0 Å². The summed E-state index contributed by atoms with van der Waals surface area (Å²) in [5, 5.41) is 4.58. The van der Waals surface area contributed by atoms with Crippen molar-refractivity contribution in [3.05, 3.63) is 65.9 Å². The number of pyridine rings is 1. The first-order valence-corrected chi connectivity index (χ1v) is 11.4. The summed E-state index contributed by atoms with van der Waals surface area (Å²) in [5.41, 5.74) is 3.48. The molecule has 3 heterocycles. The maximum atomic E-state index is 13.0. The number of ether oxygens (including phenoxy) is 1. The van der Waals surface area contributed by atoms with Crippen molar-refractivity contribution in [3.63, 3.8) is 0 Å². The average molecular weight is 445 g/mol. The monoisotopic (exact) mass is 444 g/mol. The lowest BCUT2D eigenvalue weighted by Gasteiger charge is -2.26. The summed E-state index contributed by atoms with van der Waals surface area (Å²) in [6.45, 7) is 4.56. The van der Waals surface area contributed by atoms with Gasteiger partial charge in [-0.05, 0) is 44.9 Å². The molecule has 1 N–H and O–H groups in total. The number of aromatic nitrogens is 1. The van der Waals surface area contributed by atoms with Gasteiger partial charge in [0.15, 0.2) is 0 Å². The molecule has 0 saturated carbocycles. The van der Waals surface area contributed by atoms with Crippen molar-refractivity contribution in [2.45, 2.75) is 44.9 Å². The van der Waals surface area contributed by atoms with Gasteiger partial charge in [0.1, 0.15) is 18.0 Å². The molecule has 2 aliphatic heterocycles. The maximum absolute atomic E-state index is 13.0. The van der Waals surface area contributed by atoms with Crippen LogP contribution in [0.15, 0.2) is 54.7 Å². The molecule has 2 aromatic carbocycles. The van der Waals surface area contributed by atoms with Crippen molar-refractivity contribution in [1.82, 2.24) is 14.8 Å². The third kappa shape index (κ3) is 3.57. The van der Waals surface area contributed by atoms with Crippen molar-refractivity contribution in [1.29, 1.82) is 0 Å². The minimum Gasteiger partial charge on any atom is -0.497 e. The molecule has 0 aliphatic carbocycles. The van der Waals surface area contributed by atoms with Gasteiger partial charge in [-0.2, -0.15) is 0 Å². The van der Waals surface area contributed by atoms with E-state index in [-0.39, 0.29) is 24.0 Å². The van der Waals surface area contributed by atoms with E-state index in [9.17, 15) is 9.59 Å². The SMILES string of the molecule is COc1cc(NC(C)CCCN2C(=O)[C@H](C)N3C(=O)c4ccccc4[C@H]23)c2ncccc2c1. The quantitative estimate of drug-likeness (QED) is 0.591. The highest BCUT2D eigenvalue weighted by Gasteiger charge is 2.51. The van der Waals surface area contributed by atoms with E-state index in [4.69, 9.17) is 4.74 Å². The number of nitrogens with one attached hydrogen (secondary N) is 1. The summed E-state index contributed by atoms with van der Waals surface area (Å²) in [7, 11) is 1.66. The normalized spacial score (nSPS) is 20.2. The fourth-order valence-electron chi connectivity index (χ4n) is 5.03. The first kappa shape index (κ1) is 21.2. The minimum absolute atomic E-state index is 0.0199. The Morgan fingerprint density at radius 2 is 1.97 bits per heavy atom. The molecule has 33 heavy (non-hydrogen) atoms. The summed E-state index contributed by atoms with van der Waals surface area (Å²) in [5.74, 6) is 0.754. The Bertz CT molecular complexity index is 1230. The second kappa shape index (κ2) is 8.39. The van der Waals surface area contributed by atoms with Crippen LogP contribution in [0.4, 0.5) is 5.69 Å². The van der Waals surface area contributed by atoms with E-state index in [0.29, 0.717) is 12.1 Å².